The standard InChI is InChI=1S/C26H35N3O4/c1-5-19(4)23(29-26(32)33-17-21-14-10-7-11-15-21)25(31)28-22(18(2)3)24(30)27-16-20-12-8-6-9-13-20/h6-15,18-19,22-23H,5,16-17H2,1-4H3,(H,27,30)(H,28,31)(H,29,32)/t19-,22-,23-/m0/s1. The Bertz CT molecular complexity index is 887. The van der Waals surface area contributed by atoms with Crippen LogP contribution in [0.15, 0.2) is 60.7 Å². The molecule has 0 bridgehead atoms. The zero-order chi connectivity index (χ0) is 24.2. The minimum Gasteiger partial charge on any atom is -0.445 e. The van der Waals surface area contributed by atoms with Crippen molar-refractivity contribution in [3.8, 4) is 0 Å². The molecule has 0 aromatic heterocycles. The quantitative estimate of drug-likeness (QED) is 0.482. The second-order valence-electron chi connectivity index (χ2n) is 8.50. The van der Waals surface area contributed by atoms with Crippen LogP contribution in [-0.2, 0) is 27.5 Å². The molecule has 0 aliphatic rings. The molecule has 2 aromatic rings. The van der Waals surface area contributed by atoms with Gasteiger partial charge in [0, 0.05) is 6.54 Å². The van der Waals surface area contributed by atoms with Crippen molar-refractivity contribution in [3.63, 3.8) is 0 Å². The summed E-state index contributed by atoms with van der Waals surface area (Å²) >= 11 is 0. The summed E-state index contributed by atoms with van der Waals surface area (Å²) in [6.07, 6.45) is -0.00205. The Kier molecular flexibility index (Phi) is 10.4. The molecule has 0 aliphatic heterocycles. The Morgan fingerprint density at radius 1 is 0.788 bits per heavy atom. The first-order chi connectivity index (χ1) is 15.8. The molecule has 178 valence electrons. The Morgan fingerprint density at radius 2 is 1.36 bits per heavy atom. The minimum absolute atomic E-state index is 0.109. The maximum Gasteiger partial charge on any atom is 0.408 e. The van der Waals surface area contributed by atoms with Gasteiger partial charge in [-0.3, -0.25) is 9.59 Å². The fraction of sp³-hybridized carbons (Fsp3) is 0.423. The van der Waals surface area contributed by atoms with Crippen molar-refractivity contribution >= 4 is 17.9 Å². The maximum atomic E-state index is 13.1. The molecule has 3 N–H and O–H groups in total. The van der Waals surface area contributed by atoms with Crippen molar-refractivity contribution in [2.24, 2.45) is 11.8 Å². The van der Waals surface area contributed by atoms with Gasteiger partial charge in [0.2, 0.25) is 11.8 Å². The Hall–Kier alpha value is -3.35. The molecule has 3 amide bonds. The average molecular weight is 454 g/mol. The monoisotopic (exact) mass is 453 g/mol. The summed E-state index contributed by atoms with van der Waals surface area (Å²) in [6.45, 7) is 8.03. The number of carbonyl (C=O) groups excluding carboxylic acids is 3. The van der Waals surface area contributed by atoms with E-state index in [-0.39, 0.29) is 24.3 Å². The third kappa shape index (κ3) is 8.60. The summed E-state index contributed by atoms with van der Waals surface area (Å²) in [4.78, 5) is 38.3. The summed E-state index contributed by atoms with van der Waals surface area (Å²) in [5.74, 6) is -0.951. The SMILES string of the molecule is CC[C@H](C)[C@H](NC(=O)OCc1ccccc1)C(=O)N[C@H](C(=O)NCc1ccccc1)C(C)C. The van der Waals surface area contributed by atoms with Crippen LogP contribution in [-0.4, -0.2) is 30.0 Å². The highest BCUT2D eigenvalue weighted by Crippen LogP contribution is 2.11. The van der Waals surface area contributed by atoms with Crippen LogP contribution in [0.4, 0.5) is 4.79 Å². The number of carbonyl (C=O) groups is 3. The van der Waals surface area contributed by atoms with Crippen molar-refractivity contribution in [3.05, 3.63) is 71.8 Å². The molecule has 7 heteroatoms. The first kappa shape index (κ1) is 25.9. The summed E-state index contributed by atoms with van der Waals surface area (Å²) in [5, 5.41) is 8.38. The van der Waals surface area contributed by atoms with Crippen LogP contribution in [0.1, 0.15) is 45.2 Å². The molecule has 0 heterocycles. The lowest BCUT2D eigenvalue weighted by Gasteiger charge is -2.27. The van der Waals surface area contributed by atoms with E-state index in [0.29, 0.717) is 13.0 Å². The lowest BCUT2D eigenvalue weighted by atomic mass is 9.96. The predicted octanol–water partition coefficient (Wildman–Crippen LogP) is 3.78. The molecule has 0 unspecified atom stereocenters. The van der Waals surface area contributed by atoms with Crippen LogP contribution in [0.3, 0.4) is 0 Å². The molecule has 0 saturated heterocycles. The number of rotatable bonds is 11. The lowest BCUT2D eigenvalue weighted by molar-refractivity contribution is -0.131. The van der Waals surface area contributed by atoms with E-state index < -0.39 is 24.1 Å². The van der Waals surface area contributed by atoms with Crippen LogP contribution in [0.25, 0.3) is 0 Å². The number of hydrogen-bond acceptors (Lipinski definition) is 4. The molecular weight excluding hydrogens is 418 g/mol. The van der Waals surface area contributed by atoms with Gasteiger partial charge in [0.25, 0.3) is 0 Å². The molecule has 2 rings (SSSR count). The number of ether oxygens (including phenoxy) is 1. The topological polar surface area (TPSA) is 96.5 Å². The highest BCUT2D eigenvalue weighted by atomic mass is 16.5. The molecular formula is C26H35N3O4. The van der Waals surface area contributed by atoms with Gasteiger partial charge >= 0.3 is 6.09 Å². The lowest BCUT2D eigenvalue weighted by Crippen LogP contribution is -2.57. The molecule has 33 heavy (non-hydrogen) atoms. The van der Waals surface area contributed by atoms with Gasteiger partial charge in [0.15, 0.2) is 0 Å². The van der Waals surface area contributed by atoms with E-state index in [0.717, 1.165) is 11.1 Å². The Morgan fingerprint density at radius 3 is 1.91 bits per heavy atom. The fourth-order valence-electron chi connectivity index (χ4n) is 3.27. The van der Waals surface area contributed by atoms with E-state index in [9.17, 15) is 14.4 Å². The second kappa shape index (κ2) is 13.3. The summed E-state index contributed by atoms with van der Waals surface area (Å²) < 4.78 is 5.28. The predicted molar refractivity (Wildman–Crippen MR) is 128 cm³/mol. The van der Waals surface area contributed by atoms with E-state index in [1.807, 2.05) is 88.4 Å². The van der Waals surface area contributed by atoms with Gasteiger partial charge in [-0.1, -0.05) is 94.8 Å². The smallest absolute Gasteiger partial charge is 0.408 e. The molecule has 0 radical (unpaired) electrons. The number of benzene rings is 2. The molecule has 0 aliphatic carbocycles. The molecule has 0 fully saturated rings. The molecule has 0 spiro atoms. The van der Waals surface area contributed by atoms with Gasteiger partial charge in [-0.15, -0.1) is 0 Å². The number of alkyl carbamates (subject to hydrolysis) is 1. The van der Waals surface area contributed by atoms with Gasteiger partial charge < -0.3 is 20.7 Å². The van der Waals surface area contributed by atoms with Crippen LogP contribution in [0.2, 0.25) is 0 Å². The number of nitrogens with one attached hydrogen (secondary N) is 3. The highest BCUT2D eigenvalue weighted by Gasteiger charge is 2.31. The van der Waals surface area contributed by atoms with Crippen molar-refractivity contribution in [2.45, 2.75) is 59.4 Å². The largest absolute Gasteiger partial charge is 0.445 e. The zero-order valence-corrected chi connectivity index (χ0v) is 19.8. The first-order valence-corrected chi connectivity index (χ1v) is 11.4. The van der Waals surface area contributed by atoms with Crippen LogP contribution in [0, 0.1) is 11.8 Å². The van der Waals surface area contributed by atoms with E-state index in [4.69, 9.17) is 4.74 Å². The Labute approximate surface area is 196 Å². The van der Waals surface area contributed by atoms with Crippen LogP contribution >= 0.6 is 0 Å². The molecule has 0 saturated carbocycles. The van der Waals surface area contributed by atoms with Gasteiger partial charge in [0.05, 0.1) is 0 Å². The van der Waals surface area contributed by atoms with Gasteiger partial charge in [-0.25, -0.2) is 4.79 Å². The fourth-order valence-corrected chi connectivity index (χ4v) is 3.27. The number of amides is 3. The Balaban J connectivity index is 1.98. The summed E-state index contributed by atoms with van der Waals surface area (Å²) in [6, 6.07) is 17.3. The van der Waals surface area contributed by atoms with E-state index in [1.165, 1.54) is 0 Å². The van der Waals surface area contributed by atoms with E-state index in [2.05, 4.69) is 16.0 Å². The molecule has 7 nitrogen and oxygen atoms in total. The third-order valence-corrected chi connectivity index (χ3v) is 5.54. The van der Waals surface area contributed by atoms with Gasteiger partial charge in [-0.2, -0.15) is 0 Å². The van der Waals surface area contributed by atoms with E-state index >= 15 is 0 Å². The maximum absolute atomic E-state index is 13.1. The number of hydrogen-bond donors (Lipinski definition) is 3. The van der Waals surface area contributed by atoms with Crippen LogP contribution < -0.4 is 16.0 Å². The van der Waals surface area contributed by atoms with Gasteiger partial charge in [-0.05, 0) is 23.0 Å². The highest BCUT2D eigenvalue weighted by molar-refractivity contribution is 5.91. The van der Waals surface area contributed by atoms with Crippen molar-refractivity contribution in [2.75, 3.05) is 0 Å². The first-order valence-electron chi connectivity index (χ1n) is 11.4. The minimum atomic E-state index is -0.818. The molecule has 2 aromatic carbocycles. The van der Waals surface area contributed by atoms with Crippen molar-refractivity contribution in [1.82, 2.24) is 16.0 Å². The van der Waals surface area contributed by atoms with Crippen LogP contribution in [0.5, 0.6) is 0 Å². The van der Waals surface area contributed by atoms with Gasteiger partial charge in [0.1, 0.15) is 18.7 Å². The van der Waals surface area contributed by atoms with Crippen molar-refractivity contribution in [1.29, 1.82) is 0 Å². The third-order valence-electron chi connectivity index (χ3n) is 5.54. The second-order valence-corrected chi connectivity index (χ2v) is 8.50. The van der Waals surface area contributed by atoms with E-state index in [1.54, 1.807) is 0 Å². The normalized spacial score (nSPS) is 13.5. The molecule has 3 atom stereocenters. The summed E-state index contributed by atoms with van der Waals surface area (Å²) in [7, 11) is 0. The zero-order valence-electron chi connectivity index (χ0n) is 19.8. The van der Waals surface area contributed by atoms with Crippen molar-refractivity contribution < 1.29 is 19.1 Å². The summed E-state index contributed by atoms with van der Waals surface area (Å²) in [5.41, 5.74) is 1.83. The average Bonchev–Trinajstić information content (AvgIpc) is 2.83.